The number of fused-ring (bicyclic) bond motifs is 1. The van der Waals surface area contributed by atoms with Gasteiger partial charge in [0.25, 0.3) is 11.8 Å². The van der Waals surface area contributed by atoms with Gasteiger partial charge in [-0.25, -0.2) is 0 Å². The van der Waals surface area contributed by atoms with Crippen molar-refractivity contribution in [3.63, 3.8) is 0 Å². The first-order valence-corrected chi connectivity index (χ1v) is 11.4. The van der Waals surface area contributed by atoms with Crippen molar-refractivity contribution in [1.82, 2.24) is 9.58 Å². The average Bonchev–Trinajstić information content (AvgIpc) is 3.54. The number of imide groups is 1. The number of aromatic nitrogens is 1. The Morgan fingerprint density at radius 3 is 2.25 bits per heavy atom. The SMILES string of the molecule is O=C1[C@@H]2[C@H]3C=C[C@@H]([C@@H]4C[C@@H]34)[C@@H]2C(=O)N1/N=C\c1cn(Cc2ccccc2)c2ccccc12. The van der Waals surface area contributed by atoms with E-state index in [0.29, 0.717) is 11.8 Å². The van der Waals surface area contributed by atoms with Gasteiger partial charge in [0.1, 0.15) is 0 Å². The van der Waals surface area contributed by atoms with E-state index < -0.39 is 0 Å². The van der Waals surface area contributed by atoms with Gasteiger partial charge in [-0.05, 0) is 41.7 Å². The van der Waals surface area contributed by atoms with Gasteiger partial charge in [0, 0.05) is 29.2 Å². The van der Waals surface area contributed by atoms with E-state index in [1.54, 1.807) is 6.21 Å². The first kappa shape index (κ1) is 18.1. The van der Waals surface area contributed by atoms with E-state index in [9.17, 15) is 9.59 Å². The van der Waals surface area contributed by atoms with Gasteiger partial charge in [-0.3, -0.25) is 9.59 Å². The number of hydrogen-bond donors (Lipinski definition) is 0. The monoisotopic (exact) mass is 421 g/mol. The number of amides is 2. The third kappa shape index (κ3) is 2.48. The zero-order chi connectivity index (χ0) is 21.4. The van der Waals surface area contributed by atoms with Crippen molar-refractivity contribution in [3.8, 4) is 0 Å². The van der Waals surface area contributed by atoms with Crippen LogP contribution < -0.4 is 0 Å². The average molecular weight is 422 g/mol. The first-order chi connectivity index (χ1) is 15.7. The number of allylic oxidation sites excluding steroid dienone is 2. The molecule has 158 valence electrons. The highest BCUT2D eigenvalue weighted by atomic mass is 16.2. The maximum atomic E-state index is 13.2. The van der Waals surface area contributed by atoms with Crippen molar-refractivity contribution >= 4 is 28.9 Å². The van der Waals surface area contributed by atoms with Crippen LogP contribution in [0.1, 0.15) is 17.5 Å². The second kappa shape index (κ2) is 6.52. The second-order valence-electron chi connectivity index (χ2n) is 9.60. The van der Waals surface area contributed by atoms with E-state index in [2.05, 4.69) is 52.3 Å². The van der Waals surface area contributed by atoms with E-state index in [4.69, 9.17) is 0 Å². The van der Waals surface area contributed by atoms with Crippen molar-refractivity contribution in [3.05, 3.63) is 84.1 Å². The third-order valence-corrected chi connectivity index (χ3v) is 7.97. The molecule has 2 bridgehead atoms. The largest absolute Gasteiger partial charge is 0.342 e. The van der Waals surface area contributed by atoms with Crippen LogP contribution in [0, 0.1) is 35.5 Å². The fourth-order valence-electron chi connectivity index (χ4n) is 6.46. The minimum atomic E-state index is -0.210. The molecule has 0 radical (unpaired) electrons. The molecular formula is C27H23N3O2. The van der Waals surface area contributed by atoms with Crippen molar-refractivity contribution in [2.24, 2.45) is 40.6 Å². The molecule has 2 heterocycles. The number of hydrazone groups is 1. The summed E-state index contributed by atoms with van der Waals surface area (Å²) in [5.74, 6) is 0.989. The van der Waals surface area contributed by atoms with Gasteiger partial charge in [0.15, 0.2) is 0 Å². The Balaban J connectivity index is 1.21. The zero-order valence-electron chi connectivity index (χ0n) is 17.5. The molecule has 2 saturated carbocycles. The Labute approximate surface area is 186 Å². The van der Waals surface area contributed by atoms with Crippen LogP contribution in [0.4, 0.5) is 0 Å². The first-order valence-electron chi connectivity index (χ1n) is 11.4. The van der Waals surface area contributed by atoms with Crippen LogP contribution in [0.5, 0.6) is 0 Å². The molecule has 6 atom stereocenters. The lowest BCUT2D eigenvalue weighted by Crippen LogP contribution is -2.40. The standard InChI is InChI=1S/C27H23N3O2/c31-26-24-19-10-11-20(22-12-21(19)22)25(24)27(32)30(26)28-13-17-15-29(14-16-6-2-1-3-7-16)23-9-5-4-8-18(17)23/h1-11,13,15,19-22,24-25H,12,14H2/b28-13-/t19-,20-,21-,22-,24-,25+/m0/s1. The smallest absolute Gasteiger partial charge is 0.254 e. The maximum Gasteiger partial charge on any atom is 0.254 e. The van der Waals surface area contributed by atoms with Crippen LogP contribution in [-0.4, -0.2) is 27.6 Å². The lowest BCUT2D eigenvalue weighted by Gasteiger charge is -2.37. The zero-order valence-corrected chi connectivity index (χ0v) is 17.5. The number of carbonyl (C=O) groups is 2. The Kier molecular flexibility index (Phi) is 3.69. The Morgan fingerprint density at radius 1 is 0.875 bits per heavy atom. The number of rotatable bonds is 4. The van der Waals surface area contributed by atoms with Crippen molar-refractivity contribution in [2.75, 3.05) is 0 Å². The summed E-state index contributed by atoms with van der Waals surface area (Å²) in [5.41, 5.74) is 3.23. The second-order valence-corrected chi connectivity index (χ2v) is 9.60. The number of para-hydroxylation sites is 1. The number of nitrogens with zero attached hydrogens (tertiary/aromatic N) is 3. The van der Waals surface area contributed by atoms with E-state index >= 15 is 0 Å². The Morgan fingerprint density at radius 2 is 1.53 bits per heavy atom. The highest BCUT2D eigenvalue weighted by molar-refractivity contribution is 6.07. The summed E-state index contributed by atoms with van der Waals surface area (Å²) in [5, 5.41) is 6.68. The molecule has 1 aromatic heterocycles. The van der Waals surface area contributed by atoms with Crippen LogP contribution in [0.25, 0.3) is 10.9 Å². The lowest BCUT2D eigenvalue weighted by atomic mass is 9.63. The molecule has 1 saturated heterocycles. The quantitative estimate of drug-likeness (QED) is 0.362. The molecule has 2 aromatic carbocycles. The number of benzene rings is 2. The number of carbonyl (C=O) groups excluding carboxylic acids is 2. The molecule has 3 fully saturated rings. The molecule has 2 amide bonds. The van der Waals surface area contributed by atoms with Crippen molar-refractivity contribution in [2.45, 2.75) is 13.0 Å². The molecule has 0 spiro atoms. The summed E-state index contributed by atoms with van der Waals surface area (Å²) in [6, 6.07) is 18.5. The van der Waals surface area contributed by atoms with E-state index in [0.717, 1.165) is 28.0 Å². The highest BCUT2D eigenvalue weighted by Gasteiger charge is 2.67. The maximum absolute atomic E-state index is 13.2. The number of hydrogen-bond acceptors (Lipinski definition) is 3. The summed E-state index contributed by atoms with van der Waals surface area (Å²) in [4.78, 5) is 26.4. The van der Waals surface area contributed by atoms with Crippen LogP contribution in [0.3, 0.4) is 0 Å². The van der Waals surface area contributed by atoms with Crippen molar-refractivity contribution < 1.29 is 9.59 Å². The summed E-state index contributed by atoms with van der Waals surface area (Å²) in [6.07, 6.45) is 9.29. The predicted molar refractivity (Wildman–Crippen MR) is 122 cm³/mol. The molecule has 0 unspecified atom stereocenters. The van der Waals surface area contributed by atoms with Gasteiger partial charge in [-0.15, -0.1) is 0 Å². The molecule has 5 heteroatoms. The molecule has 0 N–H and O–H groups in total. The van der Waals surface area contributed by atoms with Gasteiger partial charge < -0.3 is 4.57 Å². The Hall–Kier alpha value is -3.47. The summed E-state index contributed by atoms with van der Waals surface area (Å²) in [6.45, 7) is 0.749. The molecule has 1 aliphatic heterocycles. The lowest BCUT2D eigenvalue weighted by molar-refractivity contribution is -0.140. The molecule has 32 heavy (non-hydrogen) atoms. The third-order valence-electron chi connectivity index (χ3n) is 7.97. The fourth-order valence-corrected chi connectivity index (χ4v) is 6.46. The molecular weight excluding hydrogens is 398 g/mol. The molecule has 4 aliphatic carbocycles. The minimum Gasteiger partial charge on any atom is -0.342 e. The van der Waals surface area contributed by atoms with Gasteiger partial charge in [-0.2, -0.15) is 10.1 Å². The highest BCUT2D eigenvalue weighted by Crippen LogP contribution is 2.65. The van der Waals surface area contributed by atoms with Crippen LogP contribution in [0.2, 0.25) is 0 Å². The Bertz CT molecular complexity index is 1290. The topological polar surface area (TPSA) is 54.7 Å². The predicted octanol–water partition coefficient (Wildman–Crippen LogP) is 4.08. The summed E-state index contributed by atoms with van der Waals surface area (Å²) >= 11 is 0. The van der Waals surface area contributed by atoms with Gasteiger partial charge in [0.2, 0.25) is 0 Å². The summed E-state index contributed by atoms with van der Waals surface area (Å²) in [7, 11) is 0. The molecule has 5 nitrogen and oxygen atoms in total. The molecule has 5 aliphatic rings. The van der Waals surface area contributed by atoms with Gasteiger partial charge >= 0.3 is 0 Å². The van der Waals surface area contributed by atoms with Gasteiger partial charge in [-0.1, -0.05) is 60.7 Å². The summed E-state index contributed by atoms with van der Waals surface area (Å²) < 4.78 is 2.19. The van der Waals surface area contributed by atoms with Crippen molar-refractivity contribution in [1.29, 1.82) is 0 Å². The van der Waals surface area contributed by atoms with E-state index in [1.807, 2.05) is 30.3 Å². The fraction of sp³-hybridized carbons (Fsp3) is 0.296. The van der Waals surface area contributed by atoms with E-state index in [-0.39, 0.29) is 35.5 Å². The minimum absolute atomic E-state index is 0.117. The molecule has 3 aromatic rings. The molecule has 8 rings (SSSR count). The van der Waals surface area contributed by atoms with Gasteiger partial charge in [0.05, 0.1) is 18.1 Å². The normalized spacial score (nSPS) is 32.2. The van der Waals surface area contributed by atoms with Crippen LogP contribution in [0.15, 0.2) is 78.0 Å². The van der Waals surface area contributed by atoms with E-state index in [1.165, 1.54) is 12.0 Å². The van der Waals surface area contributed by atoms with Crippen LogP contribution in [-0.2, 0) is 16.1 Å². The van der Waals surface area contributed by atoms with Crippen LogP contribution >= 0.6 is 0 Å².